The maximum absolute atomic E-state index is 9.47. The van der Waals surface area contributed by atoms with Crippen molar-refractivity contribution >= 4 is 33.2 Å². The molecule has 2 N–H and O–H groups in total. The van der Waals surface area contributed by atoms with E-state index >= 15 is 0 Å². The van der Waals surface area contributed by atoms with Crippen LogP contribution in [-0.2, 0) is 12.0 Å². The van der Waals surface area contributed by atoms with Gasteiger partial charge in [-0.3, -0.25) is 4.99 Å². The second kappa shape index (κ2) is 14.4. The molecule has 0 fully saturated rings. The van der Waals surface area contributed by atoms with Crippen LogP contribution in [0.15, 0.2) is 211 Å². The summed E-state index contributed by atoms with van der Waals surface area (Å²) in [6.07, 6.45) is 1.91. The lowest BCUT2D eigenvalue weighted by Crippen LogP contribution is -2.28. The van der Waals surface area contributed by atoms with Crippen molar-refractivity contribution in [2.45, 2.75) is 12.0 Å². The average molecular weight is 743 g/mol. The largest absolute Gasteiger partial charge is 0.398 e. The van der Waals surface area contributed by atoms with E-state index in [0.717, 1.165) is 39.1 Å². The molecule has 1 aliphatic carbocycles. The molecule has 58 heavy (non-hydrogen) atoms. The minimum atomic E-state index is -0.476. The van der Waals surface area contributed by atoms with Gasteiger partial charge in [-0.25, -0.2) is 0 Å². The first-order valence-corrected chi connectivity index (χ1v) is 19.6. The topological polar surface area (TPSA) is 67.1 Å². The number of rotatable bonds is 8. The SMILES string of the molecule is N#Cc1cccc(C(N)=CC(=NCc2cccc(-n3c4ccccc4c4c5c(ccc43)C(c3ccccc3)(c3ccccc3)c3ccccc3-5)c2)c2ccccc2)c1. The number of hydrogen-bond acceptors (Lipinski definition) is 3. The Morgan fingerprint density at radius 3 is 2.02 bits per heavy atom. The Hall–Kier alpha value is -7.74. The van der Waals surface area contributed by atoms with Gasteiger partial charge in [0.05, 0.1) is 40.3 Å². The van der Waals surface area contributed by atoms with E-state index in [0.29, 0.717) is 17.8 Å². The quantitative estimate of drug-likeness (QED) is 0.158. The molecule has 10 rings (SSSR count). The van der Waals surface area contributed by atoms with E-state index in [1.54, 1.807) is 12.1 Å². The highest BCUT2D eigenvalue weighted by atomic mass is 15.0. The van der Waals surface area contributed by atoms with Gasteiger partial charge < -0.3 is 10.3 Å². The Morgan fingerprint density at radius 2 is 1.26 bits per heavy atom. The predicted octanol–water partition coefficient (Wildman–Crippen LogP) is 12.0. The van der Waals surface area contributed by atoms with Gasteiger partial charge in [-0.15, -0.1) is 0 Å². The second-order valence-corrected chi connectivity index (χ2v) is 14.8. The van der Waals surface area contributed by atoms with Crippen molar-refractivity contribution < 1.29 is 0 Å². The number of para-hydroxylation sites is 1. The van der Waals surface area contributed by atoms with Crippen LogP contribution >= 0.6 is 0 Å². The summed E-state index contributed by atoms with van der Waals surface area (Å²) in [5.74, 6) is 0. The Balaban J connectivity index is 1.14. The minimum absolute atomic E-state index is 0.455. The Bertz CT molecular complexity index is 3050. The van der Waals surface area contributed by atoms with Gasteiger partial charge in [0, 0.05) is 22.2 Å². The highest BCUT2D eigenvalue weighted by Gasteiger charge is 2.47. The number of aliphatic imine (C=N–C) groups is 1. The molecular weight excluding hydrogens is 705 g/mol. The van der Waals surface area contributed by atoms with Gasteiger partial charge >= 0.3 is 0 Å². The van der Waals surface area contributed by atoms with Crippen LogP contribution in [0.4, 0.5) is 0 Å². The van der Waals surface area contributed by atoms with E-state index in [9.17, 15) is 5.26 Å². The number of fused-ring (bicyclic) bond motifs is 7. The summed E-state index contributed by atoms with van der Waals surface area (Å²) >= 11 is 0. The maximum Gasteiger partial charge on any atom is 0.0991 e. The zero-order valence-electron chi connectivity index (χ0n) is 31.8. The lowest BCUT2D eigenvalue weighted by Gasteiger charge is -2.33. The highest BCUT2D eigenvalue weighted by molar-refractivity contribution is 6.18. The summed E-state index contributed by atoms with van der Waals surface area (Å²) in [4.78, 5) is 5.15. The fourth-order valence-corrected chi connectivity index (χ4v) is 9.07. The smallest absolute Gasteiger partial charge is 0.0991 e. The number of benzene rings is 8. The monoisotopic (exact) mass is 742 g/mol. The Morgan fingerprint density at radius 1 is 0.603 bits per heavy atom. The van der Waals surface area contributed by atoms with E-state index in [-0.39, 0.29) is 0 Å². The van der Waals surface area contributed by atoms with Crippen molar-refractivity contribution in [2.75, 3.05) is 0 Å². The molecule has 0 aliphatic heterocycles. The molecule has 0 bridgehead atoms. The summed E-state index contributed by atoms with van der Waals surface area (Å²) < 4.78 is 2.41. The van der Waals surface area contributed by atoms with Crippen molar-refractivity contribution in [2.24, 2.45) is 10.7 Å². The van der Waals surface area contributed by atoms with Gasteiger partial charge in [0.15, 0.2) is 0 Å². The van der Waals surface area contributed by atoms with Gasteiger partial charge in [0.2, 0.25) is 0 Å². The van der Waals surface area contributed by atoms with E-state index in [1.165, 1.54) is 44.2 Å². The molecule has 0 saturated heterocycles. The summed E-state index contributed by atoms with van der Waals surface area (Å²) in [6, 6.07) is 72.8. The van der Waals surface area contributed by atoms with Gasteiger partial charge in [-0.1, -0.05) is 164 Å². The highest BCUT2D eigenvalue weighted by Crippen LogP contribution is 2.58. The molecule has 0 spiro atoms. The molecule has 9 aromatic rings. The van der Waals surface area contributed by atoms with Crippen LogP contribution in [0.5, 0.6) is 0 Å². The zero-order valence-corrected chi connectivity index (χ0v) is 31.8. The van der Waals surface area contributed by atoms with E-state index in [2.05, 4.69) is 156 Å². The van der Waals surface area contributed by atoms with Crippen LogP contribution in [-0.4, -0.2) is 10.3 Å². The molecule has 1 aliphatic rings. The summed E-state index contributed by atoms with van der Waals surface area (Å²) in [6.45, 7) is 0.455. The molecule has 0 amide bonds. The van der Waals surface area contributed by atoms with Gasteiger partial charge in [-0.05, 0) is 92.5 Å². The molecule has 274 valence electrons. The van der Waals surface area contributed by atoms with Crippen LogP contribution in [0.1, 0.15) is 44.5 Å². The third-order valence-corrected chi connectivity index (χ3v) is 11.5. The molecule has 4 heteroatoms. The van der Waals surface area contributed by atoms with E-state index in [1.807, 2.05) is 48.5 Å². The number of allylic oxidation sites excluding steroid dienone is 1. The molecular formula is C54H38N4. The predicted molar refractivity (Wildman–Crippen MR) is 238 cm³/mol. The summed E-state index contributed by atoms with van der Waals surface area (Å²) in [5.41, 5.74) is 21.9. The molecule has 0 saturated carbocycles. The lowest BCUT2D eigenvalue weighted by atomic mass is 9.67. The first-order chi connectivity index (χ1) is 28.6. The van der Waals surface area contributed by atoms with Crippen molar-refractivity contribution in [3.63, 3.8) is 0 Å². The van der Waals surface area contributed by atoms with Gasteiger partial charge in [0.25, 0.3) is 0 Å². The third-order valence-electron chi connectivity index (χ3n) is 11.5. The van der Waals surface area contributed by atoms with Crippen LogP contribution < -0.4 is 5.73 Å². The maximum atomic E-state index is 9.47. The molecule has 1 aromatic heterocycles. The fraction of sp³-hybridized carbons (Fsp3) is 0.0370. The fourth-order valence-electron chi connectivity index (χ4n) is 9.07. The van der Waals surface area contributed by atoms with Crippen molar-refractivity contribution in [1.29, 1.82) is 5.26 Å². The first-order valence-electron chi connectivity index (χ1n) is 19.6. The molecule has 1 heterocycles. The van der Waals surface area contributed by atoms with Crippen LogP contribution in [0.2, 0.25) is 0 Å². The van der Waals surface area contributed by atoms with Crippen molar-refractivity contribution in [3.8, 4) is 22.9 Å². The summed E-state index contributed by atoms with van der Waals surface area (Å²) in [7, 11) is 0. The first kappa shape index (κ1) is 34.7. The van der Waals surface area contributed by atoms with Gasteiger partial charge in [0.1, 0.15) is 0 Å². The number of nitriles is 1. The van der Waals surface area contributed by atoms with E-state index in [4.69, 9.17) is 10.7 Å². The van der Waals surface area contributed by atoms with E-state index < -0.39 is 5.41 Å². The lowest BCUT2D eigenvalue weighted by molar-refractivity contribution is 0.769. The van der Waals surface area contributed by atoms with Crippen LogP contribution in [0.3, 0.4) is 0 Å². The Labute approximate surface area is 338 Å². The van der Waals surface area contributed by atoms with Crippen LogP contribution in [0.25, 0.3) is 44.3 Å². The average Bonchev–Trinajstić information content (AvgIpc) is 3.79. The number of hydrogen-bond donors (Lipinski definition) is 1. The minimum Gasteiger partial charge on any atom is -0.398 e. The normalized spacial score (nSPS) is 13.3. The summed E-state index contributed by atoms with van der Waals surface area (Å²) in [5, 5.41) is 11.9. The molecule has 0 unspecified atom stereocenters. The van der Waals surface area contributed by atoms with Crippen molar-refractivity contribution in [3.05, 3.63) is 251 Å². The molecule has 0 atom stereocenters. The number of nitrogens with two attached hydrogens (primary N) is 1. The number of aromatic nitrogens is 1. The Kier molecular flexibility index (Phi) is 8.62. The van der Waals surface area contributed by atoms with Gasteiger partial charge in [-0.2, -0.15) is 5.26 Å². The number of nitrogens with zero attached hydrogens (tertiary/aromatic N) is 3. The molecule has 4 nitrogen and oxygen atoms in total. The third kappa shape index (κ3) is 5.64. The zero-order chi connectivity index (χ0) is 39.1. The second-order valence-electron chi connectivity index (χ2n) is 14.8. The standard InChI is InChI=1S/C54H38N4/c55-35-37-16-14-20-40(32-37)48(56)34-49(39-18-4-1-5-19-39)57-36-38-17-15-25-43(33-38)58-50-29-13-11-27-45(50)53-51(58)31-30-47-52(53)44-26-10-12-28-46(44)54(47,41-21-6-2-7-22-41)42-23-8-3-9-24-42/h1-34H,36,56H2. The van der Waals surface area contributed by atoms with Crippen molar-refractivity contribution in [1.82, 2.24) is 4.57 Å². The van der Waals surface area contributed by atoms with Crippen LogP contribution in [0, 0.1) is 11.3 Å². The molecule has 0 radical (unpaired) electrons. The molecule has 8 aromatic carbocycles.